The van der Waals surface area contributed by atoms with E-state index in [4.69, 9.17) is 32.5 Å². The molecule has 1 amide bonds. The van der Waals surface area contributed by atoms with Gasteiger partial charge in [0.05, 0.1) is 23.2 Å². The zero-order valence-electron chi connectivity index (χ0n) is 12.1. The van der Waals surface area contributed by atoms with Gasteiger partial charge < -0.3 is 14.6 Å². The van der Waals surface area contributed by atoms with Crippen LogP contribution >= 0.6 is 23.2 Å². The number of nitrogens with one attached hydrogen (secondary N) is 1. The molecule has 2 heterocycles. The molecule has 0 bridgehead atoms. The molecule has 1 N–H and O–H groups in total. The van der Waals surface area contributed by atoms with Crippen LogP contribution in [0.15, 0.2) is 16.7 Å². The maximum atomic E-state index is 12.2. The summed E-state index contributed by atoms with van der Waals surface area (Å²) in [4.78, 5) is 12.2. The van der Waals surface area contributed by atoms with Gasteiger partial charge in [0.1, 0.15) is 23.1 Å². The third kappa shape index (κ3) is 2.66. The third-order valence-corrected chi connectivity index (χ3v) is 4.49. The lowest BCUT2D eigenvalue weighted by Crippen LogP contribution is -2.30. The number of rotatable bonds is 3. The Balaban J connectivity index is 1.74. The van der Waals surface area contributed by atoms with Crippen molar-refractivity contribution < 1.29 is 14.1 Å². The molecule has 1 aliphatic rings. The van der Waals surface area contributed by atoms with Crippen molar-refractivity contribution >= 4 is 29.1 Å². The average molecular weight is 341 g/mol. The van der Waals surface area contributed by atoms with Crippen molar-refractivity contribution in [2.75, 3.05) is 6.61 Å². The number of hydrogen-bond acceptors (Lipinski definition) is 4. The van der Waals surface area contributed by atoms with Gasteiger partial charge in [0.2, 0.25) is 5.91 Å². The Labute approximate surface area is 137 Å². The smallest absolute Gasteiger partial charge is 0.225 e. The number of halogens is 2. The first-order chi connectivity index (χ1) is 10.5. The number of aryl methyl sites for hydroxylation is 2. The number of nitrogens with zero attached hydrogens (tertiary/aromatic N) is 1. The number of ether oxygens (including phenoxy) is 1. The first-order valence-electron chi connectivity index (χ1n) is 6.79. The molecule has 1 atom stereocenters. The lowest BCUT2D eigenvalue weighted by molar-refractivity contribution is -0.121. The van der Waals surface area contributed by atoms with Gasteiger partial charge in [-0.2, -0.15) is 0 Å². The number of carbonyl (C=O) groups is 1. The third-order valence-electron chi connectivity index (χ3n) is 3.70. The first-order valence-corrected chi connectivity index (χ1v) is 7.54. The van der Waals surface area contributed by atoms with Crippen LogP contribution in [0.4, 0.5) is 0 Å². The number of aromatic nitrogens is 1. The maximum absolute atomic E-state index is 12.2. The van der Waals surface area contributed by atoms with Crippen molar-refractivity contribution in [3.8, 4) is 5.75 Å². The van der Waals surface area contributed by atoms with Crippen LogP contribution in [0.5, 0.6) is 5.75 Å². The van der Waals surface area contributed by atoms with Gasteiger partial charge in [-0.25, -0.2) is 0 Å². The maximum Gasteiger partial charge on any atom is 0.225 e. The van der Waals surface area contributed by atoms with Gasteiger partial charge in [-0.05, 0) is 19.9 Å². The van der Waals surface area contributed by atoms with Gasteiger partial charge in [0.15, 0.2) is 0 Å². The van der Waals surface area contributed by atoms with Crippen LogP contribution in [0.1, 0.15) is 28.6 Å². The Kier molecular flexibility index (Phi) is 4.02. The van der Waals surface area contributed by atoms with Gasteiger partial charge in [0.25, 0.3) is 0 Å². The Hall–Kier alpha value is -1.72. The van der Waals surface area contributed by atoms with Crippen LogP contribution in [0.2, 0.25) is 10.0 Å². The van der Waals surface area contributed by atoms with Gasteiger partial charge in [-0.15, -0.1) is 0 Å². The molecular formula is C15H14Cl2N2O3. The number of fused-ring (bicyclic) bond motifs is 1. The van der Waals surface area contributed by atoms with Gasteiger partial charge in [-0.3, -0.25) is 4.79 Å². The van der Waals surface area contributed by atoms with Crippen molar-refractivity contribution in [1.29, 1.82) is 0 Å². The zero-order chi connectivity index (χ0) is 15.9. The highest BCUT2D eigenvalue weighted by Gasteiger charge is 2.29. The van der Waals surface area contributed by atoms with E-state index in [1.165, 1.54) is 0 Å². The topological polar surface area (TPSA) is 64.4 Å². The van der Waals surface area contributed by atoms with E-state index in [0.717, 1.165) is 16.8 Å². The second-order valence-corrected chi connectivity index (χ2v) is 5.98. The number of benzene rings is 1. The molecule has 1 aliphatic heterocycles. The van der Waals surface area contributed by atoms with Crippen LogP contribution in [0.25, 0.3) is 0 Å². The summed E-state index contributed by atoms with van der Waals surface area (Å²) < 4.78 is 10.6. The molecule has 1 aromatic heterocycles. The molecule has 0 fully saturated rings. The second kappa shape index (κ2) is 5.82. The van der Waals surface area contributed by atoms with Crippen molar-refractivity contribution in [3.05, 3.63) is 44.8 Å². The standard InChI is InChI=1S/C15H14Cl2N2O3/c1-7-10(8(2)22-19-7)5-13(20)18-12-6-21-15-9(12)3-4-11(16)14(15)17/h3-4,12H,5-6H2,1-2H3,(H,18,20). The van der Waals surface area contributed by atoms with E-state index < -0.39 is 0 Å². The number of amides is 1. The monoisotopic (exact) mass is 340 g/mol. The minimum absolute atomic E-state index is 0.123. The summed E-state index contributed by atoms with van der Waals surface area (Å²) in [6, 6.07) is 3.28. The normalized spacial score (nSPS) is 16.3. The quantitative estimate of drug-likeness (QED) is 0.929. The number of hydrogen-bond donors (Lipinski definition) is 1. The highest BCUT2D eigenvalue weighted by atomic mass is 35.5. The predicted molar refractivity (Wildman–Crippen MR) is 82.5 cm³/mol. The molecule has 2 aromatic rings. The summed E-state index contributed by atoms with van der Waals surface area (Å²) in [6.45, 7) is 3.94. The van der Waals surface area contributed by atoms with Gasteiger partial charge in [0, 0.05) is 11.1 Å². The Bertz CT molecular complexity index is 723. The fraction of sp³-hybridized carbons (Fsp3) is 0.333. The van der Waals surface area contributed by atoms with Crippen LogP contribution in [0, 0.1) is 13.8 Å². The van der Waals surface area contributed by atoms with E-state index in [2.05, 4.69) is 10.5 Å². The fourth-order valence-electron chi connectivity index (χ4n) is 2.50. The molecule has 1 aromatic carbocycles. The van der Waals surface area contributed by atoms with E-state index in [-0.39, 0.29) is 18.4 Å². The molecule has 0 spiro atoms. The summed E-state index contributed by atoms with van der Waals surface area (Å²) in [5.41, 5.74) is 2.37. The van der Waals surface area contributed by atoms with Crippen molar-refractivity contribution in [1.82, 2.24) is 10.5 Å². The van der Waals surface area contributed by atoms with E-state index >= 15 is 0 Å². The van der Waals surface area contributed by atoms with Crippen LogP contribution < -0.4 is 10.1 Å². The highest BCUT2D eigenvalue weighted by Crippen LogP contribution is 2.42. The molecule has 0 aliphatic carbocycles. The molecule has 22 heavy (non-hydrogen) atoms. The second-order valence-electron chi connectivity index (χ2n) is 5.19. The molecule has 1 unspecified atom stereocenters. The summed E-state index contributed by atoms with van der Waals surface area (Å²) in [6.07, 6.45) is 0.217. The van der Waals surface area contributed by atoms with E-state index in [1.54, 1.807) is 13.0 Å². The lowest BCUT2D eigenvalue weighted by Gasteiger charge is -2.12. The largest absolute Gasteiger partial charge is 0.489 e. The first kappa shape index (κ1) is 15.2. The predicted octanol–water partition coefficient (Wildman–Crippen LogP) is 3.39. The molecule has 0 saturated heterocycles. The Morgan fingerprint density at radius 3 is 2.86 bits per heavy atom. The lowest BCUT2D eigenvalue weighted by atomic mass is 10.1. The van der Waals surface area contributed by atoms with Gasteiger partial charge in [-0.1, -0.05) is 34.4 Å². The van der Waals surface area contributed by atoms with E-state index in [1.807, 2.05) is 13.0 Å². The zero-order valence-corrected chi connectivity index (χ0v) is 13.6. The number of carbonyl (C=O) groups excluding carboxylic acids is 1. The minimum atomic E-state index is -0.238. The van der Waals surface area contributed by atoms with Crippen LogP contribution in [-0.4, -0.2) is 17.7 Å². The van der Waals surface area contributed by atoms with Crippen molar-refractivity contribution in [2.45, 2.75) is 26.3 Å². The van der Waals surface area contributed by atoms with Crippen LogP contribution in [-0.2, 0) is 11.2 Å². The van der Waals surface area contributed by atoms with Crippen molar-refractivity contribution in [3.63, 3.8) is 0 Å². The summed E-state index contributed by atoms with van der Waals surface area (Å²) in [7, 11) is 0. The molecular weight excluding hydrogens is 327 g/mol. The van der Waals surface area contributed by atoms with E-state index in [9.17, 15) is 4.79 Å². The molecule has 116 valence electrons. The molecule has 0 saturated carbocycles. The Morgan fingerprint density at radius 2 is 2.18 bits per heavy atom. The molecule has 7 heteroatoms. The summed E-state index contributed by atoms with van der Waals surface area (Å²) in [5, 5.41) is 7.60. The van der Waals surface area contributed by atoms with Crippen molar-refractivity contribution in [2.24, 2.45) is 0 Å². The minimum Gasteiger partial charge on any atom is -0.489 e. The fourth-order valence-corrected chi connectivity index (χ4v) is 2.88. The molecule has 5 nitrogen and oxygen atoms in total. The SMILES string of the molecule is Cc1noc(C)c1CC(=O)NC1COc2c1ccc(Cl)c2Cl. The van der Waals surface area contributed by atoms with Crippen LogP contribution in [0.3, 0.4) is 0 Å². The Morgan fingerprint density at radius 1 is 1.41 bits per heavy atom. The average Bonchev–Trinajstić information content (AvgIpc) is 3.02. The molecule has 0 radical (unpaired) electrons. The van der Waals surface area contributed by atoms with Gasteiger partial charge >= 0.3 is 0 Å². The molecule has 3 rings (SSSR count). The van der Waals surface area contributed by atoms with E-state index in [0.29, 0.717) is 28.2 Å². The summed E-state index contributed by atoms with van der Waals surface area (Å²) in [5.74, 6) is 1.07. The summed E-state index contributed by atoms with van der Waals surface area (Å²) >= 11 is 12.1. The highest BCUT2D eigenvalue weighted by molar-refractivity contribution is 6.43.